The van der Waals surface area contributed by atoms with Gasteiger partial charge in [-0.05, 0) is 49.4 Å². The number of carbonyl (C=O) groups excluding carboxylic acids is 2. The van der Waals surface area contributed by atoms with E-state index in [2.05, 4.69) is 5.32 Å². The highest BCUT2D eigenvalue weighted by atomic mass is 19.1. The fourth-order valence-electron chi connectivity index (χ4n) is 3.29. The van der Waals surface area contributed by atoms with Gasteiger partial charge in [0.05, 0.1) is 13.7 Å². The molecule has 2 amide bonds. The first-order valence-electron chi connectivity index (χ1n) is 9.17. The Morgan fingerprint density at radius 1 is 1.29 bits per heavy atom. The minimum atomic E-state index is -0.425. The van der Waals surface area contributed by atoms with Gasteiger partial charge in [-0.1, -0.05) is 12.1 Å². The fraction of sp³-hybridized carbons (Fsp3) is 0.333. The molecule has 0 bridgehead atoms. The van der Waals surface area contributed by atoms with Crippen molar-refractivity contribution >= 4 is 23.2 Å². The van der Waals surface area contributed by atoms with Gasteiger partial charge in [0.25, 0.3) is 0 Å². The number of methoxy groups -OCH3 is 1. The number of anilines is 2. The molecule has 0 atom stereocenters. The molecule has 0 saturated carbocycles. The van der Waals surface area contributed by atoms with Crippen molar-refractivity contribution in [3.8, 4) is 5.75 Å². The Morgan fingerprint density at radius 2 is 2.11 bits per heavy atom. The van der Waals surface area contributed by atoms with Crippen molar-refractivity contribution in [2.75, 3.05) is 37.5 Å². The molecule has 1 saturated heterocycles. The number of ether oxygens (including phenoxy) is 1. The second-order valence-electron chi connectivity index (χ2n) is 6.89. The summed E-state index contributed by atoms with van der Waals surface area (Å²) in [5.41, 5.74) is 2.19. The first kappa shape index (κ1) is 19.8. The number of carbonyl (C=O) groups is 2. The summed E-state index contributed by atoms with van der Waals surface area (Å²) in [6.45, 7) is 1.29. The maximum atomic E-state index is 13.8. The van der Waals surface area contributed by atoms with E-state index in [-0.39, 0.29) is 24.1 Å². The standard InChI is InChI=1S/C21H24FN3O3/c1-24(13-15-8-9-19(28-2)18(22)11-15)14-20(26)23-16-5-3-6-17(12-16)25-10-4-7-21(25)27/h3,5-6,8-9,11-12H,4,7,10,13-14H2,1-2H3,(H,23,26). The lowest BCUT2D eigenvalue weighted by Gasteiger charge is -2.18. The Morgan fingerprint density at radius 3 is 2.79 bits per heavy atom. The zero-order valence-electron chi connectivity index (χ0n) is 16.1. The van der Waals surface area contributed by atoms with Crippen LogP contribution in [0.5, 0.6) is 5.75 Å². The topological polar surface area (TPSA) is 61.9 Å². The summed E-state index contributed by atoms with van der Waals surface area (Å²) >= 11 is 0. The van der Waals surface area contributed by atoms with Crippen LogP contribution in [-0.2, 0) is 16.1 Å². The van der Waals surface area contributed by atoms with Gasteiger partial charge >= 0.3 is 0 Å². The number of nitrogens with zero attached hydrogens (tertiary/aromatic N) is 2. The van der Waals surface area contributed by atoms with Gasteiger partial charge in [-0.25, -0.2) is 4.39 Å². The van der Waals surface area contributed by atoms with Crippen LogP contribution in [0.4, 0.5) is 15.8 Å². The molecule has 2 aromatic rings. The van der Waals surface area contributed by atoms with E-state index in [1.807, 2.05) is 12.1 Å². The molecule has 7 heteroatoms. The number of nitrogens with one attached hydrogen (secondary N) is 1. The van der Waals surface area contributed by atoms with Crippen molar-refractivity contribution in [1.29, 1.82) is 0 Å². The van der Waals surface area contributed by atoms with Crippen molar-refractivity contribution < 1.29 is 18.7 Å². The summed E-state index contributed by atoms with van der Waals surface area (Å²) in [6.07, 6.45) is 1.42. The van der Waals surface area contributed by atoms with Gasteiger partial charge in [0.1, 0.15) is 0 Å². The molecule has 0 unspecified atom stereocenters. The number of hydrogen-bond acceptors (Lipinski definition) is 4. The molecular formula is C21H24FN3O3. The van der Waals surface area contributed by atoms with Gasteiger partial charge in [0.15, 0.2) is 11.6 Å². The third kappa shape index (κ3) is 4.86. The minimum absolute atomic E-state index is 0.106. The third-order valence-corrected chi connectivity index (χ3v) is 4.60. The fourth-order valence-corrected chi connectivity index (χ4v) is 3.29. The molecule has 3 rings (SSSR count). The predicted octanol–water partition coefficient (Wildman–Crippen LogP) is 3.03. The van der Waals surface area contributed by atoms with E-state index in [0.29, 0.717) is 25.2 Å². The second-order valence-corrected chi connectivity index (χ2v) is 6.89. The van der Waals surface area contributed by atoms with Crippen LogP contribution in [0, 0.1) is 5.82 Å². The van der Waals surface area contributed by atoms with Crippen molar-refractivity contribution in [1.82, 2.24) is 4.90 Å². The van der Waals surface area contributed by atoms with E-state index in [0.717, 1.165) is 17.7 Å². The monoisotopic (exact) mass is 385 g/mol. The number of hydrogen-bond donors (Lipinski definition) is 1. The Labute approximate surface area is 163 Å². The maximum absolute atomic E-state index is 13.8. The van der Waals surface area contributed by atoms with Crippen LogP contribution < -0.4 is 15.0 Å². The van der Waals surface area contributed by atoms with Crippen molar-refractivity contribution in [2.24, 2.45) is 0 Å². The van der Waals surface area contributed by atoms with Crippen molar-refractivity contribution in [3.63, 3.8) is 0 Å². The summed E-state index contributed by atoms with van der Waals surface area (Å²) in [4.78, 5) is 27.8. The summed E-state index contributed by atoms with van der Waals surface area (Å²) in [5.74, 6) is -0.303. The molecule has 1 N–H and O–H groups in total. The normalized spacial score (nSPS) is 13.9. The number of likely N-dealkylation sites (N-methyl/N-ethyl adjacent to an activating group) is 1. The van der Waals surface area contributed by atoms with Gasteiger partial charge in [-0.2, -0.15) is 0 Å². The minimum Gasteiger partial charge on any atom is -0.494 e. The quantitative estimate of drug-likeness (QED) is 0.796. The van der Waals surface area contributed by atoms with Crippen LogP contribution in [0.25, 0.3) is 0 Å². The molecule has 6 nitrogen and oxygen atoms in total. The van der Waals surface area contributed by atoms with Crippen LogP contribution >= 0.6 is 0 Å². The van der Waals surface area contributed by atoms with Gasteiger partial charge in [-0.15, -0.1) is 0 Å². The van der Waals surface area contributed by atoms with Gasteiger partial charge in [0.2, 0.25) is 11.8 Å². The van der Waals surface area contributed by atoms with Crippen LogP contribution in [0.2, 0.25) is 0 Å². The molecule has 1 heterocycles. The second kappa shape index (κ2) is 8.84. The summed E-state index contributed by atoms with van der Waals surface area (Å²) in [7, 11) is 3.21. The lowest BCUT2D eigenvalue weighted by molar-refractivity contribution is -0.117. The molecule has 0 aliphatic carbocycles. The number of rotatable bonds is 7. The molecule has 1 fully saturated rings. The Hall–Kier alpha value is -2.93. The Kier molecular flexibility index (Phi) is 6.26. The van der Waals surface area contributed by atoms with E-state index >= 15 is 0 Å². The first-order chi connectivity index (χ1) is 13.5. The van der Waals surface area contributed by atoms with Crippen LogP contribution in [0.1, 0.15) is 18.4 Å². The molecule has 0 radical (unpaired) electrons. The summed E-state index contributed by atoms with van der Waals surface area (Å²) in [5, 5.41) is 2.85. The van der Waals surface area contributed by atoms with Crippen LogP contribution in [0.15, 0.2) is 42.5 Å². The van der Waals surface area contributed by atoms with Gasteiger partial charge in [0, 0.05) is 30.9 Å². The maximum Gasteiger partial charge on any atom is 0.238 e. The summed E-state index contributed by atoms with van der Waals surface area (Å²) < 4.78 is 18.7. The van der Waals surface area contributed by atoms with Crippen molar-refractivity contribution in [3.05, 3.63) is 53.8 Å². The van der Waals surface area contributed by atoms with Gasteiger partial charge in [-0.3, -0.25) is 14.5 Å². The highest BCUT2D eigenvalue weighted by molar-refractivity contribution is 5.97. The molecule has 28 heavy (non-hydrogen) atoms. The van der Waals surface area contributed by atoms with E-state index in [9.17, 15) is 14.0 Å². The molecule has 1 aliphatic rings. The highest BCUT2D eigenvalue weighted by Gasteiger charge is 2.21. The predicted molar refractivity (Wildman–Crippen MR) is 106 cm³/mol. The van der Waals surface area contributed by atoms with E-state index in [1.165, 1.54) is 13.2 Å². The lowest BCUT2D eigenvalue weighted by atomic mass is 10.2. The zero-order valence-corrected chi connectivity index (χ0v) is 16.1. The number of amides is 2. The van der Waals surface area contributed by atoms with Crippen LogP contribution in [0.3, 0.4) is 0 Å². The molecular weight excluding hydrogens is 361 g/mol. The smallest absolute Gasteiger partial charge is 0.238 e. The molecule has 2 aromatic carbocycles. The number of halogens is 1. The van der Waals surface area contributed by atoms with Crippen molar-refractivity contribution in [2.45, 2.75) is 19.4 Å². The van der Waals surface area contributed by atoms with E-state index < -0.39 is 5.82 Å². The number of benzene rings is 2. The lowest BCUT2D eigenvalue weighted by Crippen LogP contribution is -2.30. The molecule has 0 aromatic heterocycles. The largest absolute Gasteiger partial charge is 0.494 e. The average Bonchev–Trinajstić information content (AvgIpc) is 3.08. The van der Waals surface area contributed by atoms with Crippen LogP contribution in [-0.4, -0.2) is 44.0 Å². The van der Waals surface area contributed by atoms with E-state index in [4.69, 9.17) is 4.74 Å². The Bertz CT molecular complexity index is 872. The molecule has 1 aliphatic heterocycles. The molecule has 0 spiro atoms. The van der Waals surface area contributed by atoms with Gasteiger partial charge < -0.3 is 15.0 Å². The highest BCUT2D eigenvalue weighted by Crippen LogP contribution is 2.24. The van der Waals surface area contributed by atoms with E-state index in [1.54, 1.807) is 41.1 Å². The Balaban J connectivity index is 1.56. The third-order valence-electron chi connectivity index (χ3n) is 4.60. The molecule has 148 valence electrons. The first-order valence-corrected chi connectivity index (χ1v) is 9.17. The average molecular weight is 385 g/mol. The zero-order chi connectivity index (χ0) is 20.1. The summed E-state index contributed by atoms with van der Waals surface area (Å²) in [6, 6.07) is 12.0. The SMILES string of the molecule is COc1ccc(CN(C)CC(=O)Nc2cccc(N3CCCC3=O)c2)cc1F.